The second-order valence-electron chi connectivity index (χ2n) is 7.53. The summed E-state index contributed by atoms with van der Waals surface area (Å²) in [5, 5.41) is 13.2. The fourth-order valence-corrected chi connectivity index (χ4v) is 4.93. The third-order valence-corrected chi connectivity index (χ3v) is 7.09. The van der Waals surface area contributed by atoms with Gasteiger partial charge in [0.1, 0.15) is 9.71 Å². The molecule has 0 aliphatic rings. The largest absolute Gasteiger partial charge is 0.451 e. The van der Waals surface area contributed by atoms with E-state index in [0.29, 0.717) is 17.8 Å². The number of nitrogens with zero attached hydrogens (tertiary/aromatic N) is 2. The standard InChI is InChI=1S/C23H22N4O5S2/c1-15-19-13-20(33-22(19)27(26-15)17-5-3-2-4-6-17)23(29)32-14-21(28)25-12-11-16-7-9-18(10-8-16)34(24,30)31/h2-10,13H,11-12,14H2,1H3,(H,25,28)(H2,24,30,31). The van der Waals surface area contributed by atoms with Crippen LogP contribution in [-0.4, -0.2) is 43.2 Å². The van der Waals surface area contributed by atoms with E-state index < -0.39 is 28.5 Å². The molecule has 0 radical (unpaired) electrons. The number of thiophene rings is 1. The summed E-state index contributed by atoms with van der Waals surface area (Å²) in [6.07, 6.45) is 0.482. The van der Waals surface area contributed by atoms with Crippen LogP contribution in [0.15, 0.2) is 65.6 Å². The zero-order chi connectivity index (χ0) is 24.3. The monoisotopic (exact) mass is 498 g/mol. The molecule has 4 aromatic rings. The molecule has 0 aliphatic heterocycles. The Bertz CT molecular complexity index is 1440. The zero-order valence-electron chi connectivity index (χ0n) is 18.2. The molecule has 2 aromatic carbocycles. The van der Waals surface area contributed by atoms with Crippen molar-refractivity contribution in [2.45, 2.75) is 18.2 Å². The molecule has 9 nitrogen and oxygen atoms in total. The van der Waals surface area contributed by atoms with E-state index in [2.05, 4.69) is 10.4 Å². The molecule has 0 fully saturated rings. The minimum absolute atomic E-state index is 0.0279. The number of nitrogens with one attached hydrogen (secondary N) is 1. The molecule has 2 aromatic heterocycles. The number of rotatable bonds is 8. The third-order valence-electron chi connectivity index (χ3n) is 5.07. The number of aryl methyl sites for hydroxylation is 1. The highest BCUT2D eigenvalue weighted by Gasteiger charge is 2.19. The number of benzene rings is 2. The van der Waals surface area contributed by atoms with Crippen LogP contribution in [0.4, 0.5) is 0 Å². The van der Waals surface area contributed by atoms with Crippen molar-refractivity contribution in [3.05, 3.63) is 76.8 Å². The third kappa shape index (κ3) is 5.33. The van der Waals surface area contributed by atoms with Crippen molar-refractivity contribution < 1.29 is 22.7 Å². The summed E-state index contributed by atoms with van der Waals surface area (Å²) in [7, 11) is -3.74. The van der Waals surface area contributed by atoms with E-state index in [1.54, 1.807) is 22.9 Å². The molecule has 1 amide bonds. The molecule has 34 heavy (non-hydrogen) atoms. The van der Waals surface area contributed by atoms with Gasteiger partial charge in [-0.3, -0.25) is 4.79 Å². The van der Waals surface area contributed by atoms with Crippen molar-refractivity contribution in [2.24, 2.45) is 5.14 Å². The number of nitrogens with two attached hydrogens (primary N) is 1. The molecule has 3 N–H and O–H groups in total. The molecular formula is C23H22N4O5S2. The average Bonchev–Trinajstić information content (AvgIpc) is 3.38. The van der Waals surface area contributed by atoms with Gasteiger partial charge in [-0.05, 0) is 49.2 Å². The summed E-state index contributed by atoms with van der Waals surface area (Å²) in [5.41, 5.74) is 2.52. The molecule has 0 aliphatic carbocycles. The molecule has 4 rings (SSSR count). The molecule has 0 bridgehead atoms. The zero-order valence-corrected chi connectivity index (χ0v) is 19.9. The smallest absolute Gasteiger partial charge is 0.348 e. The van der Waals surface area contributed by atoms with Gasteiger partial charge in [-0.1, -0.05) is 30.3 Å². The Morgan fingerprint density at radius 1 is 1.12 bits per heavy atom. The van der Waals surface area contributed by atoms with Gasteiger partial charge in [-0.2, -0.15) is 5.10 Å². The number of esters is 1. The van der Waals surface area contributed by atoms with Crippen LogP contribution in [-0.2, 0) is 26.0 Å². The van der Waals surface area contributed by atoms with Gasteiger partial charge < -0.3 is 10.1 Å². The number of sulfonamides is 1. The Labute approximate surface area is 200 Å². The summed E-state index contributed by atoms with van der Waals surface area (Å²) >= 11 is 1.26. The molecule has 2 heterocycles. The van der Waals surface area contributed by atoms with Crippen LogP contribution in [0.5, 0.6) is 0 Å². The van der Waals surface area contributed by atoms with Gasteiger partial charge in [0.25, 0.3) is 5.91 Å². The van der Waals surface area contributed by atoms with Crippen molar-refractivity contribution in [1.29, 1.82) is 0 Å². The Morgan fingerprint density at radius 2 is 1.82 bits per heavy atom. The summed E-state index contributed by atoms with van der Waals surface area (Å²) in [5.74, 6) is -1.00. The quantitative estimate of drug-likeness (QED) is 0.359. The maximum Gasteiger partial charge on any atom is 0.348 e. The molecule has 0 atom stereocenters. The first kappa shape index (κ1) is 23.6. The second kappa shape index (κ2) is 9.75. The van der Waals surface area contributed by atoms with Gasteiger partial charge in [-0.25, -0.2) is 23.0 Å². The highest BCUT2D eigenvalue weighted by Crippen LogP contribution is 2.30. The Balaban J connectivity index is 1.31. The number of para-hydroxylation sites is 1. The molecule has 176 valence electrons. The Morgan fingerprint density at radius 3 is 2.50 bits per heavy atom. The van der Waals surface area contributed by atoms with E-state index in [9.17, 15) is 18.0 Å². The summed E-state index contributed by atoms with van der Waals surface area (Å²) in [4.78, 5) is 25.8. The summed E-state index contributed by atoms with van der Waals surface area (Å²) < 4.78 is 29.5. The number of carbonyl (C=O) groups is 2. The average molecular weight is 499 g/mol. The van der Waals surface area contributed by atoms with E-state index in [0.717, 1.165) is 27.2 Å². The van der Waals surface area contributed by atoms with Gasteiger partial charge in [0.15, 0.2) is 6.61 Å². The lowest BCUT2D eigenvalue weighted by atomic mass is 10.1. The number of hydrogen-bond donors (Lipinski definition) is 2. The lowest BCUT2D eigenvalue weighted by molar-refractivity contribution is -0.124. The normalized spacial score (nSPS) is 11.5. The molecule has 0 saturated heterocycles. The first-order valence-electron chi connectivity index (χ1n) is 10.3. The topological polar surface area (TPSA) is 133 Å². The van der Waals surface area contributed by atoms with Gasteiger partial charge >= 0.3 is 5.97 Å². The highest BCUT2D eigenvalue weighted by molar-refractivity contribution is 7.89. The minimum Gasteiger partial charge on any atom is -0.451 e. The van der Waals surface area contributed by atoms with Gasteiger partial charge in [0.2, 0.25) is 10.0 Å². The SMILES string of the molecule is Cc1nn(-c2ccccc2)c2sc(C(=O)OCC(=O)NCCc3ccc(S(N)(=O)=O)cc3)cc12. The van der Waals surface area contributed by atoms with Gasteiger partial charge in [0, 0.05) is 11.9 Å². The molecule has 0 saturated carbocycles. The number of amides is 1. The second-order valence-corrected chi connectivity index (χ2v) is 10.1. The number of hydrogen-bond acceptors (Lipinski definition) is 7. The first-order chi connectivity index (χ1) is 16.2. The van der Waals surface area contributed by atoms with Crippen LogP contribution in [0.25, 0.3) is 15.9 Å². The molecule has 0 unspecified atom stereocenters. The van der Waals surface area contributed by atoms with Crippen LogP contribution >= 0.6 is 11.3 Å². The molecule has 0 spiro atoms. The number of fused-ring (bicyclic) bond motifs is 1. The number of aromatic nitrogens is 2. The van der Waals surface area contributed by atoms with E-state index in [-0.39, 0.29) is 4.90 Å². The van der Waals surface area contributed by atoms with Gasteiger partial charge in [-0.15, -0.1) is 11.3 Å². The fourth-order valence-electron chi connectivity index (χ4n) is 3.34. The number of ether oxygens (including phenoxy) is 1. The van der Waals surface area contributed by atoms with Crippen LogP contribution in [0.1, 0.15) is 20.9 Å². The Kier molecular flexibility index (Phi) is 6.77. The van der Waals surface area contributed by atoms with Crippen molar-refractivity contribution in [1.82, 2.24) is 15.1 Å². The van der Waals surface area contributed by atoms with Crippen molar-refractivity contribution >= 4 is 43.5 Å². The van der Waals surface area contributed by atoms with Crippen molar-refractivity contribution in [3.8, 4) is 5.69 Å². The lowest BCUT2D eigenvalue weighted by Crippen LogP contribution is -2.30. The number of primary sulfonamides is 1. The molecular weight excluding hydrogens is 476 g/mol. The first-order valence-corrected chi connectivity index (χ1v) is 12.7. The van der Waals surface area contributed by atoms with Crippen LogP contribution < -0.4 is 10.5 Å². The lowest BCUT2D eigenvalue weighted by Gasteiger charge is -2.07. The van der Waals surface area contributed by atoms with E-state index in [1.165, 1.54) is 23.5 Å². The van der Waals surface area contributed by atoms with Crippen molar-refractivity contribution in [3.63, 3.8) is 0 Å². The van der Waals surface area contributed by atoms with E-state index in [4.69, 9.17) is 9.88 Å². The maximum absolute atomic E-state index is 12.5. The molecule has 11 heteroatoms. The fraction of sp³-hybridized carbons (Fsp3) is 0.174. The summed E-state index contributed by atoms with van der Waals surface area (Å²) in [6.45, 7) is 1.78. The maximum atomic E-state index is 12.5. The van der Waals surface area contributed by atoms with Crippen LogP contribution in [0, 0.1) is 6.92 Å². The van der Waals surface area contributed by atoms with E-state index >= 15 is 0 Å². The highest BCUT2D eigenvalue weighted by atomic mass is 32.2. The van der Waals surface area contributed by atoms with E-state index in [1.807, 2.05) is 37.3 Å². The van der Waals surface area contributed by atoms with Crippen LogP contribution in [0.2, 0.25) is 0 Å². The predicted octanol–water partition coefficient (Wildman–Crippen LogP) is 2.56. The van der Waals surface area contributed by atoms with Crippen molar-refractivity contribution in [2.75, 3.05) is 13.2 Å². The van der Waals surface area contributed by atoms with Gasteiger partial charge in [0.05, 0.1) is 16.3 Å². The predicted molar refractivity (Wildman–Crippen MR) is 128 cm³/mol. The number of carbonyl (C=O) groups excluding carboxylic acids is 2. The summed E-state index contributed by atoms with van der Waals surface area (Å²) in [6, 6.07) is 17.4. The minimum atomic E-state index is -3.74. The van der Waals surface area contributed by atoms with Crippen LogP contribution in [0.3, 0.4) is 0 Å². The Hall–Kier alpha value is -3.54.